The molecule has 0 aliphatic heterocycles. The molecule has 0 aliphatic carbocycles. The zero-order valence-corrected chi connectivity index (χ0v) is 13.9. The molecule has 2 amide bonds. The van der Waals surface area contributed by atoms with E-state index in [0.717, 1.165) is 5.69 Å². The third-order valence-corrected chi connectivity index (χ3v) is 2.89. The number of carbonyl (C=O) groups excluding carboxylic acids is 2. The van der Waals surface area contributed by atoms with Gasteiger partial charge < -0.3 is 4.74 Å². The smallest absolute Gasteiger partial charge is 0.413 e. The molecule has 0 saturated heterocycles. The number of hydrazine groups is 1. The molecule has 1 aromatic carbocycles. The zero-order chi connectivity index (χ0) is 17.7. The van der Waals surface area contributed by atoms with E-state index in [1.165, 1.54) is 4.68 Å². The molecule has 0 unspecified atom stereocenters. The Morgan fingerprint density at radius 1 is 1.25 bits per heavy atom. The maximum atomic E-state index is 12.0. The number of amides is 2. The Morgan fingerprint density at radius 3 is 2.50 bits per heavy atom. The van der Waals surface area contributed by atoms with Crippen molar-refractivity contribution in [2.24, 2.45) is 5.84 Å². The fourth-order valence-corrected chi connectivity index (χ4v) is 2.00. The van der Waals surface area contributed by atoms with Gasteiger partial charge in [-0.3, -0.25) is 15.5 Å². The van der Waals surface area contributed by atoms with Crippen LogP contribution in [0.4, 0.5) is 10.6 Å². The van der Waals surface area contributed by atoms with Gasteiger partial charge in [-0.25, -0.2) is 15.3 Å². The first kappa shape index (κ1) is 17.5. The van der Waals surface area contributed by atoms with Crippen LogP contribution in [0.5, 0.6) is 0 Å². The molecule has 0 aliphatic rings. The Morgan fingerprint density at radius 2 is 1.92 bits per heavy atom. The van der Waals surface area contributed by atoms with Gasteiger partial charge in [0.15, 0.2) is 0 Å². The van der Waals surface area contributed by atoms with Crippen molar-refractivity contribution in [2.45, 2.75) is 32.8 Å². The summed E-state index contributed by atoms with van der Waals surface area (Å²) in [5.74, 6) is 5.12. The summed E-state index contributed by atoms with van der Waals surface area (Å²) >= 11 is 0. The van der Waals surface area contributed by atoms with Crippen LogP contribution in [0.25, 0.3) is 5.69 Å². The van der Waals surface area contributed by atoms with E-state index in [4.69, 9.17) is 10.6 Å². The van der Waals surface area contributed by atoms with Gasteiger partial charge in [0.1, 0.15) is 11.4 Å². The number of nitrogens with zero attached hydrogens (tertiary/aromatic N) is 2. The van der Waals surface area contributed by atoms with E-state index in [1.807, 2.05) is 30.3 Å². The van der Waals surface area contributed by atoms with Crippen molar-refractivity contribution in [3.05, 3.63) is 42.1 Å². The Kier molecular flexibility index (Phi) is 5.20. The van der Waals surface area contributed by atoms with Gasteiger partial charge in [-0.05, 0) is 32.9 Å². The molecule has 0 saturated carbocycles. The monoisotopic (exact) mass is 331 g/mol. The van der Waals surface area contributed by atoms with Crippen molar-refractivity contribution in [2.75, 3.05) is 5.32 Å². The van der Waals surface area contributed by atoms with Crippen LogP contribution in [0.2, 0.25) is 0 Å². The highest BCUT2D eigenvalue weighted by Crippen LogP contribution is 2.19. The lowest BCUT2D eigenvalue weighted by atomic mass is 10.2. The number of aromatic nitrogens is 2. The maximum absolute atomic E-state index is 12.0. The van der Waals surface area contributed by atoms with Gasteiger partial charge in [-0.15, -0.1) is 0 Å². The fraction of sp³-hybridized carbons (Fsp3) is 0.312. The first-order chi connectivity index (χ1) is 11.3. The van der Waals surface area contributed by atoms with E-state index < -0.39 is 11.7 Å². The Hall–Kier alpha value is -2.87. The van der Waals surface area contributed by atoms with Gasteiger partial charge in [-0.1, -0.05) is 18.2 Å². The summed E-state index contributed by atoms with van der Waals surface area (Å²) in [6.45, 7) is 5.33. The average Bonchev–Trinajstić information content (AvgIpc) is 2.88. The topological polar surface area (TPSA) is 111 Å². The van der Waals surface area contributed by atoms with Crippen molar-refractivity contribution in [3.8, 4) is 5.69 Å². The van der Waals surface area contributed by atoms with Gasteiger partial charge in [-0.2, -0.15) is 5.10 Å². The van der Waals surface area contributed by atoms with Crippen LogP contribution in [-0.4, -0.2) is 27.4 Å². The van der Waals surface area contributed by atoms with Crippen LogP contribution in [0.1, 0.15) is 26.5 Å². The summed E-state index contributed by atoms with van der Waals surface area (Å²) in [5, 5.41) is 7.00. The second-order valence-corrected chi connectivity index (χ2v) is 6.14. The van der Waals surface area contributed by atoms with Crippen molar-refractivity contribution in [1.82, 2.24) is 15.2 Å². The van der Waals surface area contributed by atoms with Gasteiger partial charge >= 0.3 is 6.09 Å². The highest BCUT2D eigenvalue weighted by Gasteiger charge is 2.19. The summed E-state index contributed by atoms with van der Waals surface area (Å²) in [6, 6.07) is 10.8. The number of para-hydroxylation sites is 1. The van der Waals surface area contributed by atoms with Crippen LogP contribution >= 0.6 is 0 Å². The molecule has 0 radical (unpaired) electrons. The molecule has 4 N–H and O–H groups in total. The first-order valence-corrected chi connectivity index (χ1v) is 7.42. The largest absolute Gasteiger partial charge is 0.444 e. The minimum atomic E-state index is -0.621. The highest BCUT2D eigenvalue weighted by atomic mass is 16.6. The van der Waals surface area contributed by atoms with Crippen molar-refractivity contribution < 1.29 is 14.3 Å². The van der Waals surface area contributed by atoms with Gasteiger partial charge in [0.25, 0.3) is 0 Å². The predicted molar refractivity (Wildman–Crippen MR) is 89.5 cm³/mol. The molecule has 2 aromatic rings. The lowest BCUT2D eigenvalue weighted by Gasteiger charge is -2.19. The Labute approximate surface area is 139 Å². The first-order valence-electron chi connectivity index (χ1n) is 7.42. The molecule has 0 bridgehead atoms. The van der Waals surface area contributed by atoms with Gasteiger partial charge in [0.2, 0.25) is 5.91 Å². The maximum Gasteiger partial charge on any atom is 0.413 e. The average molecular weight is 331 g/mol. The third kappa shape index (κ3) is 4.82. The number of benzene rings is 1. The summed E-state index contributed by atoms with van der Waals surface area (Å²) < 4.78 is 6.78. The summed E-state index contributed by atoms with van der Waals surface area (Å²) in [4.78, 5) is 23.5. The quantitative estimate of drug-likeness (QED) is 0.449. The molecule has 128 valence electrons. The SMILES string of the molecule is CC(C)(C)OC(=O)Nc1cc(CC(=O)NN)nn1-c1ccccc1. The minimum absolute atomic E-state index is 0.000663. The van der Waals surface area contributed by atoms with Crippen LogP contribution in [0.3, 0.4) is 0 Å². The zero-order valence-electron chi connectivity index (χ0n) is 13.9. The lowest BCUT2D eigenvalue weighted by Crippen LogP contribution is -2.31. The summed E-state index contributed by atoms with van der Waals surface area (Å²) in [7, 11) is 0. The molecule has 8 nitrogen and oxygen atoms in total. The summed E-state index contributed by atoms with van der Waals surface area (Å²) in [6.07, 6.45) is -0.603. The van der Waals surface area contributed by atoms with E-state index in [-0.39, 0.29) is 12.3 Å². The Balaban J connectivity index is 2.30. The minimum Gasteiger partial charge on any atom is -0.444 e. The van der Waals surface area contributed by atoms with Crippen molar-refractivity contribution in [1.29, 1.82) is 0 Å². The lowest BCUT2D eigenvalue weighted by molar-refractivity contribution is -0.120. The molecule has 0 spiro atoms. The second-order valence-electron chi connectivity index (χ2n) is 6.14. The standard InChI is InChI=1S/C16H21N5O3/c1-16(2,3)24-15(23)18-13-9-11(10-14(22)19-17)20-21(13)12-7-5-4-6-8-12/h4-9H,10,17H2,1-3H3,(H,18,23)(H,19,22). The number of rotatable bonds is 4. The van der Waals surface area contributed by atoms with Gasteiger partial charge in [0.05, 0.1) is 17.8 Å². The van der Waals surface area contributed by atoms with Crippen LogP contribution in [-0.2, 0) is 16.0 Å². The molecule has 1 aromatic heterocycles. The Bertz CT molecular complexity index is 719. The normalized spacial score (nSPS) is 11.0. The number of nitrogens with one attached hydrogen (secondary N) is 2. The van der Waals surface area contributed by atoms with Crippen molar-refractivity contribution in [3.63, 3.8) is 0 Å². The number of nitrogens with two attached hydrogens (primary N) is 1. The highest BCUT2D eigenvalue weighted by molar-refractivity contribution is 5.85. The van der Waals surface area contributed by atoms with E-state index in [1.54, 1.807) is 26.8 Å². The third-order valence-electron chi connectivity index (χ3n) is 2.89. The van der Waals surface area contributed by atoms with E-state index in [2.05, 4.69) is 15.8 Å². The van der Waals surface area contributed by atoms with Crippen LogP contribution in [0, 0.1) is 0 Å². The van der Waals surface area contributed by atoms with Gasteiger partial charge in [0, 0.05) is 6.07 Å². The molecule has 1 heterocycles. The molecule has 2 rings (SSSR count). The molecular formula is C16H21N5O3. The number of ether oxygens (including phenoxy) is 1. The van der Waals surface area contributed by atoms with E-state index in [9.17, 15) is 9.59 Å². The molecular weight excluding hydrogens is 310 g/mol. The second kappa shape index (κ2) is 7.14. The molecule has 0 fully saturated rings. The molecule has 8 heteroatoms. The molecule has 0 atom stereocenters. The van der Waals surface area contributed by atoms with E-state index >= 15 is 0 Å². The molecule has 24 heavy (non-hydrogen) atoms. The van der Waals surface area contributed by atoms with Crippen LogP contribution < -0.4 is 16.6 Å². The van der Waals surface area contributed by atoms with Crippen molar-refractivity contribution >= 4 is 17.8 Å². The number of anilines is 1. The number of hydrogen-bond acceptors (Lipinski definition) is 5. The predicted octanol–water partition coefficient (Wildman–Crippen LogP) is 1.75. The fourth-order valence-electron chi connectivity index (χ4n) is 2.00. The van der Waals surface area contributed by atoms with E-state index in [0.29, 0.717) is 11.5 Å². The number of carbonyl (C=O) groups is 2. The summed E-state index contributed by atoms with van der Waals surface area (Å²) in [5.41, 5.74) is 2.64. The van der Waals surface area contributed by atoms with Crippen LogP contribution in [0.15, 0.2) is 36.4 Å². The number of hydrogen-bond donors (Lipinski definition) is 3.